The van der Waals surface area contributed by atoms with Gasteiger partial charge in [0.2, 0.25) is 0 Å². The average molecular weight is 154 g/mol. The predicted octanol–water partition coefficient (Wildman–Crippen LogP) is 2.05. The molecule has 0 amide bonds. The molecular formula is C9H18N2. The van der Waals surface area contributed by atoms with E-state index >= 15 is 0 Å². The maximum absolute atomic E-state index is 5.62. The van der Waals surface area contributed by atoms with E-state index in [0.29, 0.717) is 0 Å². The second-order valence-electron chi connectivity index (χ2n) is 2.88. The van der Waals surface area contributed by atoms with E-state index in [2.05, 4.69) is 20.4 Å². The summed E-state index contributed by atoms with van der Waals surface area (Å²) in [7, 11) is 1.87. The Hall–Kier alpha value is -0.760. The van der Waals surface area contributed by atoms with Crippen LogP contribution in [-0.2, 0) is 0 Å². The van der Waals surface area contributed by atoms with Crippen LogP contribution in [0.25, 0.3) is 0 Å². The molecule has 0 fully saturated rings. The van der Waals surface area contributed by atoms with Crippen LogP contribution in [-0.4, -0.2) is 12.1 Å². The second-order valence-corrected chi connectivity index (χ2v) is 2.88. The molecule has 2 N–H and O–H groups in total. The van der Waals surface area contributed by atoms with Gasteiger partial charge in [-0.1, -0.05) is 11.6 Å². The van der Waals surface area contributed by atoms with Crippen LogP contribution in [0.5, 0.6) is 0 Å². The Labute approximate surface area is 69.3 Å². The zero-order valence-corrected chi connectivity index (χ0v) is 7.72. The van der Waals surface area contributed by atoms with E-state index in [4.69, 9.17) is 5.84 Å². The van der Waals surface area contributed by atoms with Gasteiger partial charge in [0, 0.05) is 12.7 Å². The first-order valence-electron chi connectivity index (χ1n) is 3.85. The molecule has 0 heterocycles. The third-order valence-electron chi connectivity index (χ3n) is 1.59. The lowest BCUT2D eigenvalue weighted by Gasteiger charge is -2.17. The summed E-state index contributed by atoms with van der Waals surface area (Å²) >= 11 is 0. The van der Waals surface area contributed by atoms with Gasteiger partial charge in [-0.15, -0.1) is 6.58 Å². The number of rotatable bonds is 4. The lowest BCUT2D eigenvalue weighted by molar-refractivity contribution is 0.417. The molecule has 0 saturated heterocycles. The summed E-state index contributed by atoms with van der Waals surface area (Å²) in [6.45, 7) is 7.81. The standard InChI is InChI=1S/C9H18N2/c1-5-6-7-9(8(2)3)11(4)10/h5H,1,6-7,10H2,2-4H3. The maximum atomic E-state index is 5.62. The van der Waals surface area contributed by atoms with E-state index in [1.54, 1.807) is 5.01 Å². The van der Waals surface area contributed by atoms with Crippen LogP contribution >= 0.6 is 0 Å². The molecule has 2 heteroatoms. The summed E-state index contributed by atoms with van der Waals surface area (Å²) in [5.41, 5.74) is 2.47. The molecule has 0 aliphatic carbocycles. The third kappa shape index (κ3) is 3.83. The number of hydrazine groups is 1. The fraction of sp³-hybridized carbons (Fsp3) is 0.556. The van der Waals surface area contributed by atoms with Crippen LogP contribution in [0.15, 0.2) is 23.9 Å². The zero-order chi connectivity index (χ0) is 8.85. The van der Waals surface area contributed by atoms with Gasteiger partial charge in [-0.05, 0) is 26.7 Å². The molecule has 0 rings (SSSR count). The summed E-state index contributed by atoms with van der Waals surface area (Å²) in [5.74, 6) is 5.62. The summed E-state index contributed by atoms with van der Waals surface area (Å²) < 4.78 is 0. The van der Waals surface area contributed by atoms with Crippen molar-refractivity contribution in [1.82, 2.24) is 5.01 Å². The van der Waals surface area contributed by atoms with E-state index in [1.165, 1.54) is 11.3 Å². The minimum Gasteiger partial charge on any atom is -0.318 e. The van der Waals surface area contributed by atoms with Crippen LogP contribution in [0, 0.1) is 0 Å². The zero-order valence-electron chi connectivity index (χ0n) is 7.72. The van der Waals surface area contributed by atoms with Gasteiger partial charge in [-0.2, -0.15) is 0 Å². The molecule has 0 aliphatic heterocycles. The highest BCUT2D eigenvalue weighted by molar-refractivity contribution is 5.07. The summed E-state index contributed by atoms with van der Waals surface area (Å²) in [6, 6.07) is 0. The van der Waals surface area contributed by atoms with Crippen LogP contribution in [0.3, 0.4) is 0 Å². The van der Waals surface area contributed by atoms with E-state index in [0.717, 1.165) is 12.8 Å². The summed E-state index contributed by atoms with van der Waals surface area (Å²) in [5, 5.41) is 1.68. The molecule has 0 aliphatic rings. The molecule has 2 nitrogen and oxygen atoms in total. The predicted molar refractivity (Wildman–Crippen MR) is 49.8 cm³/mol. The van der Waals surface area contributed by atoms with Crippen LogP contribution in [0.2, 0.25) is 0 Å². The van der Waals surface area contributed by atoms with Crippen molar-refractivity contribution >= 4 is 0 Å². The van der Waals surface area contributed by atoms with E-state index < -0.39 is 0 Å². The Morgan fingerprint density at radius 1 is 1.55 bits per heavy atom. The van der Waals surface area contributed by atoms with Gasteiger partial charge in [0.15, 0.2) is 0 Å². The van der Waals surface area contributed by atoms with E-state index in [1.807, 2.05) is 13.1 Å². The first-order valence-corrected chi connectivity index (χ1v) is 3.85. The molecule has 0 aromatic rings. The molecule has 0 bridgehead atoms. The smallest absolute Gasteiger partial charge is 0.0277 e. The third-order valence-corrected chi connectivity index (χ3v) is 1.59. The molecule has 0 atom stereocenters. The monoisotopic (exact) mass is 154 g/mol. The van der Waals surface area contributed by atoms with Crippen molar-refractivity contribution in [2.45, 2.75) is 26.7 Å². The molecule has 0 aromatic heterocycles. The highest BCUT2D eigenvalue weighted by Gasteiger charge is 2.00. The fourth-order valence-corrected chi connectivity index (χ4v) is 1.02. The van der Waals surface area contributed by atoms with Crippen molar-refractivity contribution < 1.29 is 0 Å². The number of nitrogens with zero attached hydrogens (tertiary/aromatic N) is 1. The first kappa shape index (κ1) is 10.2. The van der Waals surface area contributed by atoms with Crippen molar-refractivity contribution in [3.05, 3.63) is 23.9 Å². The Balaban J connectivity index is 4.13. The van der Waals surface area contributed by atoms with Crippen molar-refractivity contribution in [3.63, 3.8) is 0 Å². The normalized spacial score (nSPS) is 9.09. The molecule has 11 heavy (non-hydrogen) atoms. The van der Waals surface area contributed by atoms with Gasteiger partial charge in [0.25, 0.3) is 0 Å². The first-order chi connectivity index (χ1) is 5.09. The molecule has 0 unspecified atom stereocenters. The molecular weight excluding hydrogens is 136 g/mol. The Morgan fingerprint density at radius 3 is 2.36 bits per heavy atom. The summed E-state index contributed by atoms with van der Waals surface area (Å²) in [4.78, 5) is 0. The fourth-order valence-electron chi connectivity index (χ4n) is 1.02. The minimum absolute atomic E-state index is 0.985. The number of nitrogens with two attached hydrogens (primary N) is 1. The molecule has 0 spiro atoms. The second kappa shape index (κ2) is 4.97. The highest BCUT2D eigenvalue weighted by Crippen LogP contribution is 2.11. The van der Waals surface area contributed by atoms with Crippen LogP contribution in [0.1, 0.15) is 26.7 Å². The van der Waals surface area contributed by atoms with Crippen molar-refractivity contribution in [2.75, 3.05) is 7.05 Å². The molecule has 0 saturated carbocycles. The van der Waals surface area contributed by atoms with Crippen molar-refractivity contribution in [1.29, 1.82) is 0 Å². The molecule has 0 radical (unpaired) electrons. The van der Waals surface area contributed by atoms with Gasteiger partial charge in [-0.3, -0.25) is 0 Å². The lowest BCUT2D eigenvalue weighted by Crippen LogP contribution is -2.25. The lowest BCUT2D eigenvalue weighted by atomic mass is 10.1. The van der Waals surface area contributed by atoms with E-state index in [-0.39, 0.29) is 0 Å². The number of hydrogen-bond acceptors (Lipinski definition) is 2. The maximum Gasteiger partial charge on any atom is 0.0277 e. The Morgan fingerprint density at radius 2 is 2.09 bits per heavy atom. The van der Waals surface area contributed by atoms with Gasteiger partial charge in [0.1, 0.15) is 0 Å². The van der Waals surface area contributed by atoms with Crippen LogP contribution < -0.4 is 5.84 Å². The number of allylic oxidation sites excluding steroid dienone is 3. The largest absolute Gasteiger partial charge is 0.318 e. The van der Waals surface area contributed by atoms with Gasteiger partial charge < -0.3 is 5.01 Å². The SMILES string of the molecule is C=CCCC(=C(C)C)N(C)N. The van der Waals surface area contributed by atoms with Crippen molar-refractivity contribution in [2.24, 2.45) is 5.84 Å². The van der Waals surface area contributed by atoms with Gasteiger partial charge in [-0.25, -0.2) is 5.84 Å². The average Bonchev–Trinajstić information content (AvgIpc) is 1.87. The quantitative estimate of drug-likeness (QED) is 0.381. The number of hydrogen-bond donors (Lipinski definition) is 1. The summed E-state index contributed by atoms with van der Waals surface area (Å²) in [6.07, 6.45) is 3.88. The van der Waals surface area contributed by atoms with Crippen molar-refractivity contribution in [3.8, 4) is 0 Å². The Bertz CT molecular complexity index is 153. The van der Waals surface area contributed by atoms with Gasteiger partial charge >= 0.3 is 0 Å². The Kier molecular flexibility index (Phi) is 4.62. The van der Waals surface area contributed by atoms with Crippen LogP contribution in [0.4, 0.5) is 0 Å². The minimum atomic E-state index is 0.985. The molecule has 64 valence electrons. The highest BCUT2D eigenvalue weighted by atomic mass is 15.4. The molecule has 0 aromatic carbocycles. The van der Waals surface area contributed by atoms with Gasteiger partial charge in [0.05, 0.1) is 0 Å². The van der Waals surface area contributed by atoms with E-state index in [9.17, 15) is 0 Å². The topological polar surface area (TPSA) is 29.3 Å².